The number of nitrogens with one attached hydrogen (secondary N) is 1. The van der Waals surface area contributed by atoms with Gasteiger partial charge in [0.1, 0.15) is 16.9 Å². The zero-order valence-corrected chi connectivity index (χ0v) is 16.8. The fourth-order valence-corrected chi connectivity index (χ4v) is 4.37. The molecule has 0 radical (unpaired) electrons. The summed E-state index contributed by atoms with van der Waals surface area (Å²) >= 11 is 1.25. The van der Waals surface area contributed by atoms with Crippen molar-refractivity contribution < 1.29 is 19.1 Å². The van der Waals surface area contributed by atoms with Crippen LogP contribution in [0.1, 0.15) is 23.2 Å². The van der Waals surface area contributed by atoms with Crippen molar-refractivity contribution in [3.05, 3.63) is 82.6 Å². The summed E-state index contributed by atoms with van der Waals surface area (Å²) in [5, 5.41) is 14.3. The first-order valence-electron chi connectivity index (χ1n) is 9.50. The lowest BCUT2D eigenvalue weighted by Crippen LogP contribution is -2.41. The number of amides is 1. The van der Waals surface area contributed by atoms with Crippen LogP contribution in [0.2, 0.25) is 0 Å². The van der Waals surface area contributed by atoms with Crippen LogP contribution in [0.3, 0.4) is 0 Å². The lowest BCUT2D eigenvalue weighted by atomic mass is 9.99. The number of fused-ring (bicyclic) bond motifs is 1. The molecule has 1 amide bonds. The van der Waals surface area contributed by atoms with Gasteiger partial charge in [-0.25, -0.2) is 14.2 Å². The second-order valence-corrected chi connectivity index (χ2v) is 7.91. The number of carboxylic acid groups (broad SMARTS) is 1. The summed E-state index contributed by atoms with van der Waals surface area (Å²) in [6.07, 6.45) is 2.93. The Balaban J connectivity index is 1.41. The minimum atomic E-state index is -1.08. The highest BCUT2D eigenvalue weighted by Crippen LogP contribution is 2.30. The highest BCUT2D eigenvalue weighted by atomic mass is 32.1. The number of rotatable bonds is 7. The Morgan fingerprint density at radius 2 is 1.87 bits per heavy atom. The number of nitrogens with zero attached hydrogens (tertiary/aromatic N) is 1. The van der Waals surface area contributed by atoms with Gasteiger partial charge in [0.2, 0.25) is 5.91 Å². The van der Waals surface area contributed by atoms with Gasteiger partial charge in [0.15, 0.2) is 0 Å². The summed E-state index contributed by atoms with van der Waals surface area (Å²) in [6.45, 7) is 0. The standard InChI is InChI=1S/C23H19FN2O3S/c24-19-8-4-3-7-18(19)22-25-16(13-30-22)12-21(27)26-20(23(28)29)11-15-10-9-14-5-1-2-6-17(14)15/h1-8,10,13,20H,9,11-12H2,(H,26,27)(H,28,29)/t20-/m0/s1. The van der Waals surface area contributed by atoms with E-state index >= 15 is 0 Å². The largest absolute Gasteiger partial charge is 0.480 e. The van der Waals surface area contributed by atoms with E-state index in [1.54, 1.807) is 23.6 Å². The van der Waals surface area contributed by atoms with Gasteiger partial charge in [0.05, 0.1) is 12.1 Å². The molecule has 1 aliphatic rings. The summed E-state index contributed by atoms with van der Waals surface area (Å²) in [7, 11) is 0. The molecule has 0 fully saturated rings. The van der Waals surface area contributed by atoms with Crippen LogP contribution in [0.4, 0.5) is 4.39 Å². The van der Waals surface area contributed by atoms with E-state index < -0.39 is 17.9 Å². The lowest BCUT2D eigenvalue weighted by molar-refractivity contribution is -0.141. The third-order valence-corrected chi connectivity index (χ3v) is 5.91. The fraction of sp³-hybridized carbons (Fsp3) is 0.174. The Kier molecular flexibility index (Phi) is 5.72. The van der Waals surface area contributed by atoms with Gasteiger partial charge in [-0.2, -0.15) is 0 Å². The molecule has 1 heterocycles. The normalized spacial score (nSPS) is 13.4. The number of hydrogen-bond acceptors (Lipinski definition) is 4. The van der Waals surface area contributed by atoms with Crippen LogP contribution < -0.4 is 5.32 Å². The molecule has 4 rings (SSSR count). The van der Waals surface area contributed by atoms with E-state index in [-0.39, 0.29) is 18.7 Å². The maximum Gasteiger partial charge on any atom is 0.326 e. The van der Waals surface area contributed by atoms with Crippen LogP contribution >= 0.6 is 11.3 Å². The summed E-state index contributed by atoms with van der Waals surface area (Å²) in [5.41, 5.74) is 3.97. The van der Waals surface area contributed by atoms with E-state index in [0.717, 1.165) is 23.1 Å². The van der Waals surface area contributed by atoms with Crippen molar-refractivity contribution in [1.82, 2.24) is 10.3 Å². The van der Waals surface area contributed by atoms with Crippen LogP contribution in [0.25, 0.3) is 16.1 Å². The van der Waals surface area contributed by atoms with Gasteiger partial charge in [0, 0.05) is 17.4 Å². The molecule has 0 saturated heterocycles. The number of carbonyl (C=O) groups is 2. The van der Waals surface area contributed by atoms with E-state index in [1.165, 1.54) is 17.4 Å². The number of halogens is 1. The van der Waals surface area contributed by atoms with Crippen molar-refractivity contribution in [1.29, 1.82) is 0 Å². The molecule has 7 heteroatoms. The quantitative estimate of drug-likeness (QED) is 0.601. The van der Waals surface area contributed by atoms with Crippen molar-refractivity contribution in [2.45, 2.75) is 25.3 Å². The van der Waals surface area contributed by atoms with E-state index in [0.29, 0.717) is 16.3 Å². The number of allylic oxidation sites excluding steroid dienone is 1. The van der Waals surface area contributed by atoms with E-state index in [9.17, 15) is 19.1 Å². The molecular weight excluding hydrogens is 403 g/mol. The Labute approximate surface area is 176 Å². The highest BCUT2D eigenvalue weighted by molar-refractivity contribution is 7.13. The number of benzene rings is 2. The second kappa shape index (κ2) is 8.59. The topological polar surface area (TPSA) is 79.3 Å². The molecule has 152 valence electrons. The molecule has 0 bridgehead atoms. The number of hydrogen-bond donors (Lipinski definition) is 2. The van der Waals surface area contributed by atoms with Crippen molar-refractivity contribution in [3.63, 3.8) is 0 Å². The molecule has 1 atom stereocenters. The molecule has 5 nitrogen and oxygen atoms in total. The molecule has 0 spiro atoms. The summed E-state index contributed by atoms with van der Waals surface area (Å²) in [5.74, 6) is -1.89. The Bertz CT molecular complexity index is 1140. The zero-order valence-electron chi connectivity index (χ0n) is 16.0. The van der Waals surface area contributed by atoms with Gasteiger partial charge >= 0.3 is 5.97 Å². The van der Waals surface area contributed by atoms with Crippen molar-refractivity contribution in [2.75, 3.05) is 0 Å². The van der Waals surface area contributed by atoms with Gasteiger partial charge in [-0.05, 0) is 35.3 Å². The molecule has 0 saturated carbocycles. The molecule has 2 N–H and O–H groups in total. The number of thiazole rings is 1. The van der Waals surface area contributed by atoms with Crippen molar-refractivity contribution >= 4 is 28.8 Å². The van der Waals surface area contributed by atoms with Gasteiger partial charge in [-0.1, -0.05) is 42.5 Å². The van der Waals surface area contributed by atoms with Crippen LogP contribution in [0, 0.1) is 5.82 Å². The molecule has 0 aliphatic heterocycles. The van der Waals surface area contributed by atoms with Crippen LogP contribution in [0.15, 0.2) is 60.0 Å². The summed E-state index contributed by atoms with van der Waals surface area (Å²) in [6, 6.07) is 13.1. The van der Waals surface area contributed by atoms with Crippen molar-refractivity contribution in [3.8, 4) is 10.6 Å². The Morgan fingerprint density at radius 3 is 2.63 bits per heavy atom. The van der Waals surface area contributed by atoms with Gasteiger partial charge < -0.3 is 10.4 Å². The molecule has 1 aromatic heterocycles. The number of aromatic nitrogens is 1. The monoisotopic (exact) mass is 422 g/mol. The maximum atomic E-state index is 13.9. The fourth-order valence-electron chi connectivity index (χ4n) is 3.52. The molecule has 1 aliphatic carbocycles. The van der Waals surface area contributed by atoms with Gasteiger partial charge in [-0.3, -0.25) is 4.79 Å². The van der Waals surface area contributed by atoms with Crippen LogP contribution in [-0.4, -0.2) is 28.0 Å². The van der Waals surface area contributed by atoms with E-state index in [1.807, 2.05) is 30.3 Å². The van der Waals surface area contributed by atoms with Gasteiger partial charge in [0.25, 0.3) is 0 Å². The zero-order chi connectivity index (χ0) is 21.1. The average Bonchev–Trinajstić information content (AvgIpc) is 3.35. The minimum Gasteiger partial charge on any atom is -0.480 e. The Morgan fingerprint density at radius 1 is 1.13 bits per heavy atom. The predicted molar refractivity (Wildman–Crippen MR) is 114 cm³/mol. The molecular formula is C23H19FN2O3S. The summed E-state index contributed by atoms with van der Waals surface area (Å²) < 4.78 is 13.9. The molecule has 2 aromatic carbocycles. The number of aliphatic carboxylic acids is 1. The average molecular weight is 422 g/mol. The van der Waals surface area contributed by atoms with Crippen LogP contribution in [0.5, 0.6) is 0 Å². The lowest BCUT2D eigenvalue weighted by Gasteiger charge is -2.16. The number of carbonyl (C=O) groups excluding carboxylic acids is 1. The maximum absolute atomic E-state index is 13.9. The minimum absolute atomic E-state index is 0.0651. The molecule has 0 unspecified atom stereocenters. The SMILES string of the molecule is O=C(Cc1csc(-c2ccccc2F)n1)N[C@@H](CC1=CCc2ccccc21)C(=O)O. The van der Waals surface area contributed by atoms with E-state index in [2.05, 4.69) is 10.3 Å². The smallest absolute Gasteiger partial charge is 0.326 e. The molecule has 3 aromatic rings. The highest BCUT2D eigenvalue weighted by Gasteiger charge is 2.25. The second-order valence-electron chi connectivity index (χ2n) is 7.05. The first-order chi connectivity index (χ1) is 14.5. The summed E-state index contributed by atoms with van der Waals surface area (Å²) in [4.78, 5) is 28.5. The predicted octanol–water partition coefficient (Wildman–Crippen LogP) is 4.09. The third-order valence-electron chi connectivity index (χ3n) is 4.99. The third kappa shape index (κ3) is 4.31. The Hall–Kier alpha value is -3.32. The van der Waals surface area contributed by atoms with E-state index in [4.69, 9.17) is 0 Å². The first-order valence-corrected chi connectivity index (χ1v) is 10.4. The molecule has 30 heavy (non-hydrogen) atoms. The number of carboxylic acids is 1. The van der Waals surface area contributed by atoms with Gasteiger partial charge in [-0.15, -0.1) is 11.3 Å². The van der Waals surface area contributed by atoms with Crippen molar-refractivity contribution in [2.24, 2.45) is 0 Å². The first kappa shape index (κ1) is 20.0. The van der Waals surface area contributed by atoms with Crippen LogP contribution in [-0.2, 0) is 22.4 Å².